The molecule has 0 spiro atoms. The summed E-state index contributed by atoms with van der Waals surface area (Å²) in [6, 6.07) is 20.8. The summed E-state index contributed by atoms with van der Waals surface area (Å²) in [6.45, 7) is 0.489. The largest absolute Gasteiger partial charge is 0.416 e. The fourth-order valence-electron chi connectivity index (χ4n) is 6.24. The molecule has 2 N–H and O–H groups in total. The zero-order valence-electron chi connectivity index (χ0n) is 25.9. The highest BCUT2D eigenvalue weighted by molar-refractivity contribution is 6.24. The number of rotatable bonds is 9. The monoisotopic (exact) mass is 656 g/mol. The molecule has 6 rings (SSSR count). The topological polar surface area (TPSA) is 116 Å². The Bertz CT molecular complexity index is 1970. The summed E-state index contributed by atoms with van der Waals surface area (Å²) in [6.07, 6.45) is -4.00. The standard InChI is InChI=1S/C36H31F3N4O5/c1-42(16-15-23-7-4-6-22-5-2-3-8-26(22)23)20-21-9-10-25(29(17-21)36(37,38)39)19-40-32(45)24-11-12-27-28(18-24)35(48)43(34(27)47)30-13-14-31(44)41-33(30)46/h2-12,17-18,30H,13-16,19-20H2,1H3,(H,40,45)(H,41,44,46). The van der Waals surface area contributed by atoms with Crippen LogP contribution in [0.3, 0.4) is 0 Å². The van der Waals surface area contributed by atoms with E-state index in [0.29, 0.717) is 12.1 Å². The van der Waals surface area contributed by atoms with Gasteiger partial charge in [0.25, 0.3) is 17.7 Å². The molecule has 4 aromatic rings. The molecule has 246 valence electrons. The minimum absolute atomic E-state index is 0.0155. The zero-order valence-corrected chi connectivity index (χ0v) is 25.9. The summed E-state index contributed by atoms with van der Waals surface area (Å²) >= 11 is 0. The molecule has 4 aromatic carbocycles. The van der Waals surface area contributed by atoms with Crippen molar-refractivity contribution in [3.63, 3.8) is 0 Å². The van der Waals surface area contributed by atoms with Crippen LogP contribution in [0.2, 0.25) is 0 Å². The quantitative estimate of drug-likeness (QED) is 0.249. The fourth-order valence-corrected chi connectivity index (χ4v) is 6.24. The lowest BCUT2D eigenvalue weighted by atomic mass is 10.0. The Morgan fingerprint density at radius 3 is 2.44 bits per heavy atom. The van der Waals surface area contributed by atoms with Crippen LogP contribution in [-0.4, -0.2) is 59.0 Å². The van der Waals surface area contributed by atoms with E-state index in [-0.39, 0.29) is 41.6 Å². The SMILES string of the molecule is CN(CCc1cccc2ccccc12)Cc1ccc(CNC(=O)c2ccc3c(c2)C(=O)N(C2CCC(=O)NC2=O)C3=O)c(C(F)(F)F)c1. The summed E-state index contributed by atoms with van der Waals surface area (Å²) in [5.41, 5.74) is 0.471. The minimum Gasteiger partial charge on any atom is -0.348 e. The van der Waals surface area contributed by atoms with Gasteiger partial charge in [0, 0.05) is 31.6 Å². The maximum absolute atomic E-state index is 14.2. The van der Waals surface area contributed by atoms with Gasteiger partial charge in [-0.3, -0.25) is 34.2 Å². The Labute approximate surface area is 273 Å². The third-order valence-electron chi connectivity index (χ3n) is 8.72. The van der Waals surface area contributed by atoms with E-state index in [1.165, 1.54) is 24.3 Å². The molecule has 0 radical (unpaired) electrons. The van der Waals surface area contributed by atoms with E-state index >= 15 is 0 Å². The molecular weight excluding hydrogens is 625 g/mol. The molecule has 0 aliphatic carbocycles. The van der Waals surface area contributed by atoms with E-state index in [9.17, 15) is 37.1 Å². The Balaban J connectivity index is 1.11. The Morgan fingerprint density at radius 1 is 0.917 bits per heavy atom. The van der Waals surface area contributed by atoms with E-state index < -0.39 is 53.9 Å². The van der Waals surface area contributed by atoms with Crippen LogP contribution in [0.1, 0.15) is 66.2 Å². The van der Waals surface area contributed by atoms with Crippen LogP contribution < -0.4 is 10.6 Å². The van der Waals surface area contributed by atoms with Gasteiger partial charge in [0.1, 0.15) is 6.04 Å². The van der Waals surface area contributed by atoms with Crippen molar-refractivity contribution in [1.29, 1.82) is 0 Å². The molecule has 12 heteroatoms. The Kier molecular flexibility index (Phi) is 8.85. The second-order valence-electron chi connectivity index (χ2n) is 12.0. The Morgan fingerprint density at radius 2 is 1.67 bits per heavy atom. The predicted octanol–water partition coefficient (Wildman–Crippen LogP) is 4.86. The van der Waals surface area contributed by atoms with Gasteiger partial charge in [0.05, 0.1) is 16.7 Å². The third-order valence-corrected chi connectivity index (χ3v) is 8.72. The van der Waals surface area contributed by atoms with E-state index in [2.05, 4.69) is 22.8 Å². The van der Waals surface area contributed by atoms with Crippen molar-refractivity contribution in [1.82, 2.24) is 20.4 Å². The van der Waals surface area contributed by atoms with Gasteiger partial charge in [-0.1, -0.05) is 54.6 Å². The highest BCUT2D eigenvalue weighted by Gasteiger charge is 2.44. The van der Waals surface area contributed by atoms with Gasteiger partial charge in [-0.2, -0.15) is 13.2 Å². The first-order valence-electron chi connectivity index (χ1n) is 15.4. The van der Waals surface area contributed by atoms with Gasteiger partial charge < -0.3 is 10.2 Å². The number of halogens is 3. The number of imide groups is 2. The number of nitrogens with one attached hydrogen (secondary N) is 2. The second-order valence-corrected chi connectivity index (χ2v) is 12.0. The number of carbonyl (C=O) groups is 5. The van der Waals surface area contributed by atoms with E-state index in [4.69, 9.17) is 0 Å². The average Bonchev–Trinajstić information content (AvgIpc) is 3.30. The van der Waals surface area contributed by atoms with Crippen LogP contribution in [-0.2, 0) is 35.3 Å². The first kappa shape index (κ1) is 32.6. The highest BCUT2D eigenvalue weighted by Crippen LogP contribution is 2.33. The molecular formula is C36H31F3N4O5. The number of alkyl halides is 3. The predicted molar refractivity (Wildman–Crippen MR) is 170 cm³/mol. The molecule has 2 heterocycles. The van der Waals surface area contributed by atoms with Gasteiger partial charge in [0.2, 0.25) is 11.8 Å². The van der Waals surface area contributed by atoms with Crippen molar-refractivity contribution in [2.75, 3.05) is 13.6 Å². The average molecular weight is 657 g/mol. The number of hydrogen-bond acceptors (Lipinski definition) is 6. The van der Waals surface area contributed by atoms with Crippen LogP contribution >= 0.6 is 0 Å². The van der Waals surface area contributed by atoms with Gasteiger partial charge in [-0.05, 0) is 71.6 Å². The van der Waals surface area contributed by atoms with Gasteiger partial charge >= 0.3 is 6.18 Å². The lowest BCUT2D eigenvalue weighted by Crippen LogP contribution is -2.54. The fraction of sp³-hybridized carbons (Fsp3) is 0.250. The molecule has 1 unspecified atom stereocenters. The van der Waals surface area contributed by atoms with Crippen molar-refractivity contribution in [3.8, 4) is 0 Å². The second kappa shape index (κ2) is 13.0. The van der Waals surface area contributed by atoms with Crippen molar-refractivity contribution >= 4 is 40.3 Å². The van der Waals surface area contributed by atoms with Gasteiger partial charge in [-0.25, -0.2) is 0 Å². The molecule has 1 saturated heterocycles. The first-order chi connectivity index (χ1) is 22.9. The van der Waals surface area contributed by atoms with Crippen LogP contribution in [0.5, 0.6) is 0 Å². The molecule has 2 aliphatic rings. The molecule has 1 fully saturated rings. The maximum Gasteiger partial charge on any atom is 0.416 e. The number of carbonyl (C=O) groups excluding carboxylic acids is 5. The number of likely N-dealkylation sites (N-methyl/N-ethyl adjacent to an activating group) is 1. The molecule has 0 bridgehead atoms. The number of hydrogen-bond donors (Lipinski definition) is 2. The first-order valence-corrected chi connectivity index (χ1v) is 15.4. The third kappa shape index (κ3) is 6.56. The molecule has 5 amide bonds. The maximum atomic E-state index is 14.2. The van der Waals surface area contributed by atoms with E-state index in [0.717, 1.165) is 33.7 Å². The van der Waals surface area contributed by atoms with Crippen LogP contribution in [0.25, 0.3) is 10.8 Å². The summed E-state index contributed by atoms with van der Waals surface area (Å²) < 4.78 is 42.5. The number of benzene rings is 4. The smallest absolute Gasteiger partial charge is 0.348 e. The van der Waals surface area contributed by atoms with E-state index in [1.54, 1.807) is 6.07 Å². The van der Waals surface area contributed by atoms with Crippen molar-refractivity contribution in [3.05, 3.63) is 118 Å². The van der Waals surface area contributed by atoms with E-state index in [1.807, 2.05) is 42.3 Å². The lowest BCUT2D eigenvalue weighted by molar-refractivity contribution is -0.138. The zero-order chi connectivity index (χ0) is 34.2. The number of piperidine rings is 1. The molecule has 48 heavy (non-hydrogen) atoms. The van der Waals surface area contributed by atoms with Gasteiger partial charge in [0.15, 0.2) is 0 Å². The summed E-state index contributed by atoms with van der Waals surface area (Å²) in [7, 11) is 1.85. The molecule has 0 aromatic heterocycles. The van der Waals surface area contributed by atoms with Gasteiger partial charge in [-0.15, -0.1) is 0 Å². The Hall–Kier alpha value is -5.36. The van der Waals surface area contributed by atoms with Crippen LogP contribution in [0.4, 0.5) is 13.2 Å². The normalized spacial score (nSPS) is 16.4. The highest BCUT2D eigenvalue weighted by atomic mass is 19.4. The molecule has 2 aliphatic heterocycles. The van der Waals surface area contributed by atoms with Crippen LogP contribution in [0.15, 0.2) is 78.9 Å². The summed E-state index contributed by atoms with van der Waals surface area (Å²) in [5.74, 6) is -3.54. The molecule has 9 nitrogen and oxygen atoms in total. The molecule has 1 atom stereocenters. The van der Waals surface area contributed by atoms with Crippen molar-refractivity contribution < 1.29 is 37.1 Å². The van der Waals surface area contributed by atoms with Crippen molar-refractivity contribution in [2.24, 2.45) is 0 Å². The van der Waals surface area contributed by atoms with Crippen LogP contribution in [0, 0.1) is 0 Å². The number of fused-ring (bicyclic) bond motifs is 2. The summed E-state index contributed by atoms with van der Waals surface area (Å²) in [4.78, 5) is 65.6. The molecule has 0 saturated carbocycles. The summed E-state index contributed by atoms with van der Waals surface area (Å²) in [5, 5.41) is 6.87. The van der Waals surface area contributed by atoms with Crippen molar-refractivity contribution in [2.45, 2.75) is 44.6 Å². The minimum atomic E-state index is -4.67. The lowest BCUT2D eigenvalue weighted by Gasteiger charge is -2.27. The number of nitrogens with zero attached hydrogens (tertiary/aromatic N) is 2. The number of amides is 5.